The highest BCUT2D eigenvalue weighted by atomic mass is 19.3. The molecular formula is C27H37F2N11O4. The van der Waals surface area contributed by atoms with Crippen molar-refractivity contribution < 1.29 is 27.9 Å². The fourth-order valence-corrected chi connectivity index (χ4v) is 4.87. The summed E-state index contributed by atoms with van der Waals surface area (Å²) in [5.41, 5.74) is -0.553. The second-order valence-electron chi connectivity index (χ2n) is 10.1. The van der Waals surface area contributed by atoms with E-state index in [1.807, 2.05) is 4.90 Å². The third-order valence-corrected chi connectivity index (χ3v) is 7.24. The summed E-state index contributed by atoms with van der Waals surface area (Å²) in [6.07, 6.45) is 1.23. The maximum atomic E-state index is 14.1. The molecule has 0 saturated carbocycles. The molecule has 4 heterocycles. The molecule has 2 fully saturated rings. The van der Waals surface area contributed by atoms with Crippen LogP contribution in [0.3, 0.4) is 0 Å². The SMILES string of the molecule is C=CC(=O)N1CCC(C(=O)NCCCN(CCNC=O)c2nc(-c3cnc(NC)nc3C(F)F)nc(N3CCOCC3)n2)C1. The van der Waals surface area contributed by atoms with Crippen molar-refractivity contribution in [2.75, 3.05) is 87.7 Å². The van der Waals surface area contributed by atoms with Gasteiger partial charge in [0.2, 0.25) is 36.1 Å². The van der Waals surface area contributed by atoms with E-state index in [0.29, 0.717) is 78.3 Å². The zero-order valence-electron chi connectivity index (χ0n) is 24.5. The minimum Gasteiger partial charge on any atom is -0.378 e. The monoisotopic (exact) mass is 617 g/mol. The van der Waals surface area contributed by atoms with E-state index in [2.05, 4.69) is 47.4 Å². The number of aromatic nitrogens is 5. The van der Waals surface area contributed by atoms with Gasteiger partial charge in [0.25, 0.3) is 6.43 Å². The molecule has 15 nitrogen and oxygen atoms in total. The van der Waals surface area contributed by atoms with Gasteiger partial charge < -0.3 is 35.4 Å². The van der Waals surface area contributed by atoms with E-state index in [0.717, 1.165) is 0 Å². The highest BCUT2D eigenvalue weighted by Crippen LogP contribution is 2.30. The summed E-state index contributed by atoms with van der Waals surface area (Å²) in [7, 11) is 1.53. The average molecular weight is 618 g/mol. The fourth-order valence-electron chi connectivity index (χ4n) is 4.87. The minimum absolute atomic E-state index is 0.0176. The quantitative estimate of drug-likeness (QED) is 0.142. The first-order valence-electron chi connectivity index (χ1n) is 14.4. The second-order valence-corrected chi connectivity index (χ2v) is 10.1. The van der Waals surface area contributed by atoms with Crippen LogP contribution in [0, 0.1) is 5.92 Å². The minimum atomic E-state index is -2.91. The Labute approximate surface area is 253 Å². The predicted molar refractivity (Wildman–Crippen MR) is 157 cm³/mol. The molecule has 17 heteroatoms. The van der Waals surface area contributed by atoms with Gasteiger partial charge in [-0.3, -0.25) is 14.4 Å². The van der Waals surface area contributed by atoms with Gasteiger partial charge in [-0.1, -0.05) is 6.58 Å². The molecule has 2 saturated heterocycles. The summed E-state index contributed by atoms with van der Waals surface area (Å²) < 4.78 is 33.6. The van der Waals surface area contributed by atoms with Crippen LogP contribution in [0.25, 0.3) is 11.4 Å². The molecule has 2 aliphatic heterocycles. The van der Waals surface area contributed by atoms with Gasteiger partial charge in [0.1, 0.15) is 5.69 Å². The Bertz CT molecular complexity index is 1310. The molecule has 0 bridgehead atoms. The van der Waals surface area contributed by atoms with Gasteiger partial charge >= 0.3 is 0 Å². The third-order valence-electron chi connectivity index (χ3n) is 7.24. The highest BCUT2D eigenvalue weighted by molar-refractivity contribution is 5.88. The predicted octanol–water partition coefficient (Wildman–Crippen LogP) is 0.238. The Balaban J connectivity index is 1.55. The topological polar surface area (TPSA) is 171 Å². The van der Waals surface area contributed by atoms with Crippen molar-refractivity contribution in [3.63, 3.8) is 0 Å². The molecule has 0 aliphatic carbocycles. The van der Waals surface area contributed by atoms with Gasteiger partial charge in [-0.2, -0.15) is 15.0 Å². The summed E-state index contributed by atoms with van der Waals surface area (Å²) in [5.74, 6) is -0.118. The maximum Gasteiger partial charge on any atom is 0.281 e. The summed E-state index contributed by atoms with van der Waals surface area (Å²) in [6.45, 7) is 7.51. The van der Waals surface area contributed by atoms with Crippen molar-refractivity contribution >= 4 is 36.1 Å². The largest absolute Gasteiger partial charge is 0.378 e. The zero-order chi connectivity index (χ0) is 31.5. The number of alkyl halides is 2. The number of rotatable bonds is 15. The molecule has 44 heavy (non-hydrogen) atoms. The smallest absolute Gasteiger partial charge is 0.281 e. The number of carbonyl (C=O) groups excluding carboxylic acids is 3. The number of anilines is 3. The molecule has 2 aliphatic rings. The zero-order valence-corrected chi connectivity index (χ0v) is 24.5. The molecule has 1 atom stereocenters. The van der Waals surface area contributed by atoms with Crippen molar-refractivity contribution in [2.45, 2.75) is 19.3 Å². The van der Waals surface area contributed by atoms with Crippen LogP contribution in [0.4, 0.5) is 26.6 Å². The van der Waals surface area contributed by atoms with Crippen molar-refractivity contribution in [2.24, 2.45) is 5.92 Å². The number of halogens is 2. The van der Waals surface area contributed by atoms with Crippen molar-refractivity contribution in [3.8, 4) is 11.4 Å². The van der Waals surface area contributed by atoms with E-state index in [1.165, 1.54) is 19.3 Å². The average Bonchev–Trinajstić information content (AvgIpc) is 3.56. The van der Waals surface area contributed by atoms with Gasteiger partial charge in [-0.05, 0) is 18.9 Å². The molecule has 0 aromatic carbocycles. The second kappa shape index (κ2) is 15.8. The number of nitrogens with zero attached hydrogens (tertiary/aromatic N) is 8. The lowest BCUT2D eigenvalue weighted by atomic mass is 10.1. The lowest BCUT2D eigenvalue weighted by molar-refractivity contribution is -0.126. The first-order valence-corrected chi connectivity index (χ1v) is 14.4. The van der Waals surface area contributed by atoms with E-state index >= 15 is 0 Å². The molecule has 0 spiro atoms. The number of hydrogen-bond acceptors (Lipinski definition) is 12. The Morgan fingerprint density at radius 3 is 2.66 bits per heavy atom. The lowest BCUT2D eigenvalue weighted by Crippen LogP contribution is -2.39. The number of morpholine rings is 1. The van der Waals surface area contributed by atoms with E-state index < -0.39 is 12.1 Å². The Kier molecular flexibility index (Phi) is 11.6. The van der Waals surface area contributed by atoms with E-state index in [9.17, 15) is 23.2 Å². The van der Waals surface area contributed by atoms with Crippen LogP contribution < -0.4 is 25.8 Å². The summed E-state index contributed by atoms with van der Waals surface area (Å²) >= 11 is 0. The van der Waals surface area contributed by atoms with E-state index in [1.54, 1.807) is 9.80 Å². The lowest BCUT2D eigenvalue weighted by Gasteiger charge is -2.29. The normalized spacial score (nSPS) is 16.5. The number of likely N-dealkylation sites (tertiary alicyclic amines) is 1. The standard InChI is InChI=1S/C27H37F2N11O4/c1-3-20(42)40-9-5-18(16-40)24(43)32-6-4-8-38(10-7-31-17-41)26-35-23(36-27(37-26)39-11-13-44-14-12-39)19-15-33-25(30-2)34-21(19)22(28)29/h3,15,17-18,22H,1,4-14,16H2,2H3,(H,31,41)(H,32,43)(H,30,33,34). The molecular weight excluding hydrogens is 580 g/mol. The van der Waals surface area contributed by atoms with Crippen LogP contribution in [0.5, 0.6) is 0 Å². The third kappa shape index (κ3) is 8.30. The van der Waals surface area contributed by atoms with Crippen LogP contribution in [0.2, 0.25) is 0 Å². The van der Waals surface area contributed by atoms with Crippen molar-refractivity contribution in [3.05, 3.63) is 24.5 Å². The number of nitrogens with one attached hydrogen (secondary N) is 3. The van der Waals surface area contributed by atoms with Crippen molar-refractivity contribution in [1.82, 2.24) is 40.5 Å². The molecule has 238 valence electrons. The molecule has 0 radical (unpaired) electrons. The van der Waals surface area contributed by atoms with Crippen LogP contribution >= 0.6 is 0 Å². The van der Waals surface area contributed by atoms with Crippen molar-refractivity contribution in [1.29, 1.82) is 0 Å². The summed E-state index contributed by atoms with van der Waals surface area (Å²) in [6, 6.07) is 0. The van der Waals surface area contributed by atoms with Gasteiger partial charge in [0.05, 0.1) is 24.7 Å². The van der Waals surface area contributed by atoms with Gasteiger partial charge in [-0.25, -0.2) is 18.7 Å². The Morgan fingerprint density at radius 2 is 1.95 bits per heavy atom. The van der Waals surface area contributed by atoms with Gasteiger partial charge in [0, 0.05) is 65.6 Å². The number of ether oxygens (including phenoxy) is 1. The number of amides is 3. The Hall–Kier alpha value is -4.54. The molecule has 3 amide bonds. The summed E-state index contributed by atoms with van der Waals surface area (Å²) in [5, 5.41) is 8.20. The molecule has 2 aromatic rings. The first-order chi connectivity index (χ1) is 21.3. The highest BCUT2D eigenvalue weighted by Gasteiger charge is 2.30. The molecule has 4 rings (SSSR count). The Morgan fingerprint density at radius 1 is 1.16 bits per heavy atom. The molecule has 2 aromatic heterocycles. The fraction of sp³-hybridized carbons (Fsp3) is 0.556. The van der Waals surface area contributed by atoms with Crippen LogP contribution in [-0.4, -0.2) is 121 Å². The van der Waals surface area contributed by atoms with Crippen LogP contribution in [0.15, 0.2) is 18.9 Å². The van der Waals surface area contributed by atoms with E-state index in [-0.39, 0.29) is 53.5 Å². The van der Waals surface area contributed by atoms with Crippen LogP contribution in [0.1, 0.15) is 25.0 Å². The van der Waals surface area contributed by atoms with Gasteiger partial charge in [-0.15, -0.1) is 0 Å². The number of carbonyl (C=O) groups is 3. The first kappa shape index (κ1) is 32.4. The molecule has 1 unspecified atom stereocenters. The van der Waals surface area contributed by atoms with E-state index in [4.69, 9.17) is 4.74 Å². The van der Waals surface area contributed by atoms with Gasteiger partial charge in [0.15, 0.2) is 5.82 Å². The maximum absolute atomic E-state index is 14.1. The molecule has 3 N–H and O–H groups in total. The van der Waals surface area contributed by atoms with Crippen LogP contribution in [-0.2, 0) is 19.1 Å². The summed E-state index contributed by atoms with van der Waals surface area (Å²) in [4.78, 5) is 62.6. The number of hydrogen-bond donors (Lipinski definition) is 3.